The van der Waals surface area contributed by atoms with Crippen LogP contribution >= 0.6 is 11.6 Å². The Labute approximate surface area is 200 Å². The molecular formula is C23H30ClFN4O3S. The highest BCUT2D eigenvalue weighted by atomic mass is 35.5. The number of amides is 1. The van der Waals surface area contributed by atoms with Gasteiger partial charge >= 0.3 is 0 Å². The highest BCUT2D eigenvalue weighted by molar-refractivity contribution is 7.86. The van der Waals surface area contributed by atoms with Gasteiger partial charge < -0.3 is 14.5 Å². The molecule has 33 heavy (non-hydrogen) atoms. The van der Waals surface area contributed by atoms with Crippen molar-refractivity contribution in [2.24, 2.45) is 10.3 Å². The summed E-state index contributed by atoms with van der Waals surface area (Å²) in [6, 6.07) is 4.56. The smallest absolute Gasteiger partial charge is 0.275 e. The van der Waals surface area contributed by atoms with E-state index in [0.717, 1.165) is 12.8 Å². The van der Waals surface area contributed by atoms with Crippen LogP contribution in [0, 0.1) is 5.92 Å². The molecule has 1 aliphatic carbocycles. The molecule has 1 aromatic rings. The molecule has 3 aliphatic rings. The van der Waals surface area contributed by atoms with Crippen LogP contribution in [0.25, 0.3) is 0 Å². The molecule has 2 unspecified atom stereocenters. The summed E-state index contributed by atoms with van der Waals surface area (Å²) in [5, 5.41) is 0.160. The van der Waals surface area contributed by atoms with E-state index in [2.05, 4.69) is 16.5 Å². The molecule has 2 aliphatic heterocycles. The molecular weight excluding hydrogens is 467 g/mol. The van der Waals surface area contributed by atoms with Crippen LogP contribution in [0.1, 0.15) is 23.2 Å². The van der Waals surface area contributed by atoms with Gasteiger partial charge in [-0.3, -0.25) is 4.79 Å². The lowest BCUT2D eigenvalue weighted by Gasteiger charge is -2.36. The van der Waals surface area contributed by atoms with Crippen LogP contribution < -0.4 is 0 Å². The van der Waals surface area contributed by atoms with Crippen molar-refractivity contribution in [1.29, 1.82) is 0 Å². The molecule has 2 fully saturated rings. The Morgan fingerprint density at radius 2 is 2.09 bits per heavy atom. The number of benzene rings is 1. The Kier molecular flexibility index (Phi) is 7.55. The van der Waals surface area contributed by atoms with Crippen molar-refractivity contribution in [3.05, 3.63) is 53.1 Å². The molecule has 4 atom stereocenters. The van der Waals surface area contributed by atoms with E-state index in [4.69, 9.17) is 16.3 Å². The summed E-state index contributed by atoms with van der Waals surface area (Å²) < 4.78 is 38.6. The minimum atomic E-state index is -4.07. The Hall–Kier alpha value is -1.78. The SMILES string of the molecule is CN(C)[C@@H]1CCN(S(=O)(F)=Nc2ccc(C(=O)N3CCO[C@@H](C4C=CC=CC4)C3)c(Cl)c2)C1. The van der Waals surface area contributed by atoms with Gasteiger partial charge in [0, 0.05) is 38.1 Å². The van der Waals surface area contributed by atoms with Gasteiger partial charge in [0.05, 0.1) is 29.0 Å². The maximum absolute atomic E-state index is 14.9. The first kappa shape index (κ1) is 24.3. The predicted octanol–water partition coefficient (Wildman–Crippen LogP) is 3.85. The van der Waals surface area contributed by atoms with Crippen LogP contribution in [0.4, 0.5) is 9.57 Å². The maximum atomic E-state index is 14.9. The predicted molar refractivity (Wildman–Crippen MR) is 128 cm³/mol. The van der Waals surface area contributed by atoms with Gasteiger partial charge in [-0.2, -0.15) is 12.9 Å². The molecule has 0 spiro atoms. The van der Waals surface area contributed by atoms with Gasteiger partial charge in [0.2, 0.25) is 0 Å². The number of carbonyl (C=O) groups excluding carboxylic acids is 1. The summed E-state index contributed by atoms with van der Waals surface area (Å²) in [6.45, 7) is 2.13. The van der Waals surface area contributed by atoms with Crippen molar-refractivity contribution in [2.75, 3.05) is 46.9 Å². The average molecular weight is 497 g/mol. The molecule has 2 heterocycles. The first-order valence-electron chi connectivity index (χ1n) is 11.2. The van der Waals surface area contributed by atoms with Crippen molar-refractivity contribution in [2.45, 2.75) is 25.0 Å². The summed E-state index contributed by atoms with van der Waals surface area (Å²) in [5.74, 6) is 0.0298. The molecule has 0 radical (unpaired) electrons. The minimum Gasteiger partial charge on any atom is -0.374 e. The monoisotopic (exact) mass is 496 g/mol. The maximum Gasteiger partial charge on any atom is 0.275 e. The van der Waals surface area contributed by atoms with E-state index < -0.39 is 10.3 Å². The molecule has 0 aromatic heterocycles. The summed E-state index contributed by atoms with van der Waals surface area (Å²) in [7, 11) is -0.236. The lowest BCUT2D eigenvalue weighted by Crippen LogP contribution is -2.48. The number of allylic oxidation sites excluding steroid dienone is 3. The van der Waals surface area contributed by atoms with Crippen molar-refractivity contribution >= 4 is 33.5 Å². The van der Waals surface area contributed by atoms with E-state index in [0.29, 0.717) is 38.3 Å². The van der Waals surface area contributed by atoms with E-state index >= 15 is 0 Å². The summed E-state index contributed by atoms with van der Waals surface area (Å²) in [6.07, 6.45) is 9.76. The summed E-state index contributed by atoms with van der Waals surface area (Å²) >= 11 is 6.39. The molecule has 2 saturated heterocycles. The second kappa shape index (κ2) is 10.2. The van der Waals surface area contributed by atoms with E-state index in [1.807, 2.05) is 31.1 Å². The van der Waals surface area contributed by atoms with Crippen molar-refractivity contribution in [3.63, 3.8) is 0 Å². The van der Waals surface area contributed by atoms with Crippen LogP contribution in [-0.2, 0) is 15.0 Å². The molecule has 0 saturated carbocycles. The lowest BCUT2D eigenvalue weighted by molar-refractivity contribution is -0.0396. The highest BCUT2D eigenvalue weighted by Gasteiger charge is 2.32. The topological polar surface area (TPSA) is 65.5 Å². The highest BCUT2D eigenvalue weighted by Crippen LogP contribution is 2.29. The van der Waals surface area contributed by atoms with Gasteiger partial charge in [-0.05, 0) is 45.1 Å². The lowest BCUT2D eigenvalue weighted by atomic mass is 9.93. The first-order chi connectivity index (χ1) is 15.7. The fourth-order valence-electron chi connectivity index (χ4n) is 4.42. The van der Waals surface area contributed by atoms with Crippen LogP contribution in [0.3, 0.4) is 0 Å². The zero-order valence-corrected chi connectivity index (χ0v) is 20.5. The molecule has 7 nitrogen and oxygen atoms in total. The third-order valence-electron chi connectivity index (χ3n) is 6.45. The van der Waals surface area contributed by atoms with E-state index in [-0.39, 0.29) is 34.7 Å². The van der Waals surface area contributed by atoms with Crippen LogP contribution in [0.15, 0.2) is 46.9 Å². The average Bonchev–Trinajstić information content (AvgIpc) is 3.31. The Balaban J connectivity index is 1.46. The van der Waals surface area contributed by atoms with Crippen molar-refractivity contribution < 1.29 is 17.6 Å². The zero-order chi connectivity index (χ0) is 23.6. The molecule has 0 bridgehead atoms. The number of likely N-dealkylation sites (N-methyl/N-ethyl adjacent to an activating group) is 1. The van der Waals surface area contributed by atoms with E-state index in [9.17, 15) is 12.9 Å². The number of ether oxygens (including phenoxy) is 1. The Bertz CT molecular complexity index is 1070. The van der Waals surface area contributed by atoms with E-state index in [1.165, 1.54) is 22.5 Å². The molecule has 4 rings (SSSR count). The fraction of sp³-hybridized carbons (Fsp3) is 0.522. The van der Waals surface area contributed by atoms with Gasteiger partial charge in [0.15, 0.2) is 0 Å². The molecule has 0 N–H and O–H groups in total. The Morgan fingerprint density at radius 3 is 2.76 bits per heavy atom. The standard InChI is InChI=1S/C23H30ClFN4O3S/c1-27(2)19-10-11-29(15-19)33(25,31)26-18-8-9-20(21(24)14-18)23(30)28-12-13-32-22(16-28)17-6-4-3-5-7-17/h3-6,8-9,14,17,19,22H,7,10-13,15-16H2,1-2H3/t17?,19-,22-,33?/m1/s1. The number of hydrogen-bond donors (Lipinski definition) is 0. The summed E-state index contributed by atoms with van der Waals surface area (Å²) in [4.78, 5) is 16.9. The van der Waals surface area contributed by atoms with Gasteiger partial charge in [-0.25, -0.2) is 0 Å². The first-order valence-corrected chi connectivity index (χ1v) is 12.9. The Morgan fingerprint density at radius 1 is 1.27 bits per heavy atom. The van der Waals surface area contributed by atoms with Crippen LogP contribution in [0.5, 0.6) is 0 Å². The number of morpholine rings is 1. The number of carbonyl (C=O) groups is 1. The second-order valence-corrected chi connectivity index (χ2v) is 10.8. The quantitative estimate of drug-likeness (QED) is 0.581. The fourth-order valence-corrected chi connectivity index (χ4v) is 5.85. The zero-order valence-electron chi connectivity index (χ0n) is 18.9. The van der Waals surface area contributed by atoms with Gasteiger partial charge in [0.1, 0.15) is 0 Å². The van der Waals surface area contributed by atoms with Gasteiger partial charge in [0.25, 0.3) is 16.2 Å². The number of halogens is 2. The minimum absolute atomic E-state index is 0.0698. The third kappa shape index (κ3) is 5.66. The van der Waals surface area contributed by atoms with Crippen LogP contribution in [-0.4, -0.2) is 83.2 Å². The number of hydrogen-bond acceptors (Lipinski definition) is 5. The third-order valence-corrected chi connectivity index (χ3v) is 8.17. The number of nitrogens with zero attached hydrogens (tertiary/aromatic N) is 4. The normalized spacial score (nSPS) is 27.7. The second-order valence-electron chi connectivity index (χ2n) is 8.85. The molecule has 1 aromatic carbocycles. The molecule has 1 amide bonds. The van der Waals surface area contributed by atoms with Crippen molar-refractivity contribution in [1.82, 2.24) is 14.1 Å². The van der Waals surface area contributed by atoms with E-state index in [1.54, 1.807) is 4.90 Å². The van der Waals surface area contributed by atoms with Crippen molar-refractivity contribution in [3.8, 4) is 0 Å². The van der Waals surface area contributed by atoms with Gasteiger partial charge in [-0.1, -0.05) is 35.9 Å². The number of rotatable bonds is 5. The van der Waals surface area contributed by atoms with Gasteiger partial charge in [-0.15, -0.1) is 3.89 Å². The largest absolute Gasteiger partial charge is 0.374 e. The van der Waals surface area contributed by atoms with Crippen LogP contribution in [0.2, 0.25) is 5.02 Å². The summed E-state index contributed by atoms with van der Waals surface area (Å²) in [5.41, 5.74) is 0.464. The molecule has 180 valence electrons. The molecule has 10 heteroatoms.